The van der Waals surface area contributed by atoms with Crippen molar-refractivity contribution in [2.45, 2.75) is 32.1 Å². The van der Waals surface area contributed by atoms with Crippen molar-refractivity contribution in [3.05, 3.63) is 95.8 Å². The van der Waals surface area contributed by atoms with Crippen LogP contribution in [0.4, 0.5) is 20.7 Å². The van der Waals surface area contributed by atoms with Gasteiger partial charge in [-0.3, -0.25) is 4.68 Å². The van der Waals surface area contributed by atoms with Crippen LogP contribution in [0.1, 0.15) is 18.4 Å². The van der Waals surface area contributed by atoms with Crippen molar-refractivity contribution in [1.82, 2.24) is 24.6 Å². The summed E-state index contributed by atoms with van der Waals surface area (Å²) in [5, 5.41) is 8.44. The van der Waals surface area contributed by atoms with E-state index in [0.717, 1.165) is 16.7 Å². The topological polar surface area (TPSA) is 104 Å². The maximum Gasteiger partial charge on any atom is 0.410 e. The Hall–Kier alpha value is -4.74. The summed E-state index contributed by atoms with van der Waals surface area (Å²) in [5.41, 5.74) is 3.90. The molecule has 5 aromatic rings. The molecule has 232 valence electrons. The largest absolute Gasteiger partial charge is 0.490 e. The van der Waals surface area contributed by atoms with E-state index in [1.165, 1.54) is 18.5 Å². The average Bonchev–Trinajstić information content (AvgIpc) is 3.54. The third-order valence-corrected chi connectivity index (χ3v) is 7.88. The Labute approximate surface area is 264 Å². The van der Waals surface area contributed by atoms with E-state index in [4.69, 9.17) is 25.8 Å². The fraction of sp³-hybridized carbons (Fsp3) is 0.273. The molecule has 1 saturated heterocycles. The predicted molar refractivity (Wildman–Crippen MR) is 169 cm³/mol. The second-order valence-corrected chi connectivity index (χ2v) is 11.1. The average molecular weight is 631 g/mol. The van der Waals surface area contributed by atoms with Crippen LogP contribution in [0.5, 0.6) is 5.75 Å². The number of rotatable bonds is 10. The lowest BCUT2D eigenvalue weighted by Gasteiger charge is -2.32. The van der Waals surface area contributed by atoms with E-state index in [0.29, 0.717) is 67.2 Å². The Kier molecular flexibility index (Phi) is 9.37. The van der Waals surface area contributed by atoms with Gasteiger partial charge < -0.3 is 24.4 Å². The normalized spacial score (nSPS) is 13.6. The third kappa shape index (κ3) is 7.33. The molecule has 12 heteroatoms. The first-order chi connectivity index (χ1) is 22.0. The van der Waals surface area contributed by atoms with Gasteiger partial charge in [0.15, 0.2) is 0 Å². The number of carbonyl (C=O) groups excluding carboxylic acids is 1. The molecule has 1 fully saturated rings. The number of aromatic nitrogens is 4. The zero-order chi connectivity index (χ0) is 31.2. The number of amides is 1. The highest BCUT2D eigenvalue weighted by Crippen LogP contribution is 2.37. The van der Waals surface area contributed by atoms with Gasteiger partial charge >= 0.3 is 6.09 Å². The van der Waals surface area contributed by atoms with E-state index in [1.54, 1.807) is 24.3 Å². The summed E-state index contributed by atoms with van der Waals surface area (Å²) in [7, 11) is 1.65. The summed E-state index contributed by atoms with van der Waals surface area (Å²) in [6, 6.07) is 17.9. The van der Waals surface area contributed by atoms with Crippen molar-refractivity contribution < 1.29 is 23.4 Å². The molecule has 3 heterocycles. The Morgan fingerprint density at radius 3 is 2.69 bits per heavy atom. The summed E-state index contributed by atoms with van der Waals surface area (Å²) in [6.45, 7) is 2.39. The zero-order valence-corrected chi connectivity index (χ0v) is 25.4. The van der Waals surface area contributed by atoms with Gasteiger partial charge in [-0.2, -0.15) is 5.10 Å². The third-order valence-electron chi connectivity index (χ3n) is 7.59. The van der Waals surface area contributed by atoms with E-state index < -0.39 is 5.82 Å². The molecule has 1 aliphatic rings. The fourth-order valence-corrected chi connectivity index (χ4v) is 5.35. The molecular formula is C33H32ClFN6O4. The van der Waals surface area contributed by atoms with Crippen molar-refractivity contribution in [3.8, 4) is 16.9 Å². The monoisotopic (exact) mass is 630 g/mol. The van der Waals surface area contributed by atoms with Crippen LogP contribution < -0.4 is 10.1 Å². The molecule has 1 aliphatic heterocycles. The Morgan fingerprint density at radius 2 is 1.91 bits per heavy atom. The highest BCUT2D eigenvalue weighted by Gasteiger charge is 2.26. The number of likely N-dealkylation sites (tertiary alicyclic amines) is 1. The van der Waals surface area contributed by atoms with Crippen molar-refractivity contribution in [1.29, 1.82) is 0 Å². The molecule has 10 nitrogen and oxygen atoms in total. The molecule has 0 atom stereocenters. The SMILES string of the molecule is COCCn1cc(-c2cc3ncnc(Nc4ccc(F)c(Cl)c4)c3cc2OC2CCN(C(=O)OCc3ccccc3)CC2)cn1. The van der Waals surface area contributed by atoms with Crippen LogP contribution in [0.2, 0.25) is 5.02 Å². The first-order valence-corrected chi connectivity index (χ1v) is 15.0. The molecule has 0 unspecified atom stereocenters. The lowest BCUT2D eigenvalue weighted by Crippen LogP contribution is -2.42. The van der Waals surface area contributed by atoms with Gasteiger partial charge in [0.2, 0.25) is 0 Å². The van der Waals surface area contributed by atoms with Gasteiger partial charge in [-0.05, 0) is 35.9 Å². The van der Waals surface area contributed by atoms with Crippen LogP contribution in [-0.4, -0.2) is 63.7 Å². The predicted octanol–water partition coefficient (Wildman–Crippen LogP) is 6.86. The molecule has 0 radical (unpaired) electrons. The van der Waals surface area contributed by atoms with E-state index in [1.807, 2.05) is 53.3 Å². The molecule has 0 aliphatic carbocycles. The van der Waals surface area contributed by atoms with Crippen LogP contribution in [0, 0.1) is 5.82 Å². The summed E-state index contributed by atoms with van der Waals surface area (Å²) in [5.74, 6) is 0.649. The minimum Gasteiger partial charge on any atom is -0.490 e. The van der Waals surface area contributed by atoms with Gasteiger partial charge in [-0.15, -0.1) is 0 Å². The summed E-state index contributed by atoms with van der Waals surface area (Å²) < 4.78 is 33.0. The standard InChI is InChI=1S/C33H32ClFN6O4/c1-43-14-13-41-19-23(18-38-41)26-16-30-27(32(37-21-36-30)39-24-7-8-29(35)28(34)15-24)17-31(26)45-25-9-11-40(12-10-25)33(42)44-20-22-5-3-2-4-6-22/h2-8,15-19,21,25H,9-14,20H2,1H3,(H,36,37,39). The van der Waals surface area contributed by atoms with Gasteiger partial charge in [0.1, 0.15) is 36.4 Å². The molecular weight excluding hydrogens is 599 g/mol. The fourth-order valence-electron chi connectivity index (χ4n) is 5.17. The summed E-state index contributed by atoms with van der Waals surface area (Å²) in [6.07, 6.45) is 6.00. The first kappa shape index (κ1) is 30.3. The molecule has 1 amide bonds. The number of nitrogens with zero attached hydrogens (tertiary/aromatic N) is 5. The summed E-state index contributed by atoms with van der Waals surface area (Å²) in [4.78, 5) is 23.4. The van der Waals surface area contributed by atoms with Crippen LogP contribution in [0.15, 0.2) is 79.4 Å². The Morgan fingerprint density at radius 1 is 1.09 bits per heavy atom. The van der Waals surface area contributed by atoms with Gasteiger partial charge in [0, 0.05) is 61.4 Å². The molecule has 0 saturated carbocycles. The van der Waals surface area contributed by atoms with Crippen LogP contribution >= 0.6 is 11.6 Å². The first-order valence-electron chi connectivity index (χ1n) is 14.6. The number of fused-ring (bicyclic) bond motifs is 1. The second kappa shape index (κ2) is 13.9. The van der Waals surface area contributed by atoms with Gasteiger partial charge in [-0.1, -0.05) is 41.9 Å². The number of nitrogens with one attached hydrogen (secondary N) is 1. The zero-order valence-electron chi connectivity index (χ0n) is 24.7. The van der Waals surface area contributed by atoms with E-state index in [2.05, 4.69) is 20.4 Å². The van der Waals surface area contributed by atoms with E-state index in [9.17, 15) is 9.18 Å². The van der Waals surface area contributed by atoms with Crippen LogP contribution in [0.3, 0.4) is 0 Å². The highest BCUT2D eigenvalue weighted by molar-refractivity contribution is 6.31. The number of benzene rings is 3. The maximum atomic E-state index is 13.8. The number of ether oxygens (including phenoxy) is 3. The van der Waals surface area contributed by atoms with Crippen molar-refractivity contribution in [2.75, 3.05) is 32.1 Å². The lowest BCUT2D eigenvalue weighted by molar-refractivity contribution is 0.0640. The number of hydrogen-bond donors (Lipinski definition) is 1. The molecule has 0 spiro atoms. The van der Waals surface area contributed by atoms with Crippen LogP contribution in [0.25, 0.3) is 22.0 Å². The number of hydrogen-bond acceptors (Lipinski definition) is 8. The van der Waals surface area contributed by atoms with E-state index in [-0.39, 0.29) is 23.8 Å². The lowest BCUT2D eigenvalue weighted by atomic mass is 10.0. The molecule has 2 aromatic heterocycles. The minimum atomic E-state index is -0.503. The summed E-state index contributed by atoms with van der Waals surface area (Å²) >= 11 is 6.01. The maximum absolute atomic E-state index is 13.8. The minimum absolute atomic E-state index is 0.00504. The van der Waals surface area contributed by atoms with Crippen molar-refractivity contribution >= 4 is 40.1 Å². The molecule has 45 heavy (non-hydrogen) atoms. The van der Waals surface area contributed by atoms with Gasteiger partial charge in [-0.25, -0.2) is 19.2 Å². The number of halogens is 2. The molecule has 1 N–H and O–H groups in total. The smallest absolute Gasteiger partial charge is 0.410 e. The highest BCUT2D eigenvalue weighted by atomic mass is 35.5. The quantitative estimate of drug-likeness (QED) is 0.179. The number of carbonyl (C=O) groups is 1. The number of piperidine rings is 1. The van der Waals surface area contributed by atoms with Gasteiger partial charge in [0.05, 0.1) is 29.9 Å². The van der Waals surface area contributed by atoms with Crippen molar-refractivity contribution in [2.24, 2.45) is 0 Å². The second-order valence-electron chi connectivity index (χ2n) is 10.7. The number of methoxy groups -OCH3 is 1. The number of anilines is 2. The van der Waals surface area contributed by atoms with Gasteiger partial charge in [0.25, 0.3) is 0 Å². The molecule has 6 rings (SSSR count). The Balaban J connectivity index is 1.23. The van der Waals surface area contributed by atoms with Crippen LogP contribution in [-0.2, 0) is 22.6 Å². The van der Waals surface area contributed by atoms with Crippen molar-refractivity contribution in [3.63, 3.8) is 0 Å². The Bertz CT molecular complexity index is 1780. The van der Waals surface area contributed by atoms with E-state index >= 15 is 0 Å². The molecule has 3 aromatic carbocycles. The molecule has 0 bridgehead atoms.